The van der Waals surface area contributed by atoms with E-state index >= 15 is 0 Å². The number of halogens is 2. The van der Waals surface area contributed by atoms with E-state index < -0.39 is 11.7 Å². The molecule has 0 saturated heterocycles. The van der Waals surface area contributed by atoms with E-state index in [1.54, 1.807) is 0 Å². The van der Waals surface area contributed by atoms with Crippen LogP contribution in [0, 0.1) is 12.7 Å². The van der Waals surface area contributed by atoms with Gasteiger partial charge in [-0.1, -0.05) is 23.4 Å². The van der Waals surface area contributed by atoms with Crippen molar-refractivity contribution in [1.29, 1.82) is 0 Å². The number of benzene rings is 1. The summed E-state index contributed by atoms with van der Waals surface area (Å²) < 4.78 is 13.5. The van der Waals surface area contributed by atoms with Crippen molar-refractivity contribution in [2.75, 3.05) is 11.1 Å². The zero-order valence-corrected chi connectivity index (χ0v) is 12.4. The highest BCUT2D eigenvalue weighted by atomic mass is 35.5. The zero-order valence-electron chi connectivity index (χ0n) is 10.8. The van der Waals surface area contributed by atoms with Crippen molar-refractivity contribution >= 4 is 35.0 Å². The molecule has 21 heavy (non-hydrogen) atoms. The first-order valence-electron chi connectivity index (χ1n) is 5.77. The lowest BCUT2D eigenvalue weighted by Crippen LogP contribution is -2.17. The Balaban J connectivity index is 1.95. The van der Waals surface area contributed by atoms with Gasteiger partial charge >= 0.3 is 0 Å². The van der Waals surface area contributed by atoms with Gasteiger partial charge < -0.3 is 5.32 Å². The highest BCUT2D eigenvalue weighted by molar-refractivity contribution is 7.99. The molecule has 1 aromatic carbocycles. The maximum atomic E-state index is 13.5. The molecule has 0 bridgehead atoms. The summed E-state index contributed by atoms with van der Waals surface area (Å²) in [5, 5.41) is 10.2. The second-order valence-electron chi connectivity index (χ2n) is 4.01. The van der Waals surface area contributed by atoms with E-state index in [0.717, 1.165) is 17.8 Å². The van der Waals surface area contributed by atoms with Gasteiger partial charge in [0.05, 0.1) is 11.4 Å². The highest BCUT2D eigenvalue weighted by Crippen LogP contribution is 2.19. The number of nitrogens with zero attached hydrogens (tertiary/aromatic N) is 2. The summed E-state index contributed by atoms with van der Waals surface area (Å²) in [5.74, 6) is -1.11. The van der Waals surface area contributed by atoms with E-state index in [9.17, 15) is 14.0 Å². The molecule has 1 aromatic heterocycles. The van der Waals surface area contributed by atoms with Crippen molar-refractivity contribution in [2.24, 2.45) is 0 Å². The van der Waals surface area contributed by atoms with Crippen LogP contribution < -0.4 is 10.9 Å². The van der Waals surface area contributed by atoms with Crippen LogP contribution in [0.1, 0.15) is 5.69 Å². The molecule has 0 radical (unpaired) electrons. The van der Waals surface area contributed by atoms with Gasteiger partial charge in [0.1, 0.15) is 11.5 Å². The van der Waals surface area contributed by atoms with Crippen LogP contribution in [0.5, 0.6) is 0 Å². The van der Waals surface area contributed by atoms with E-state index in [4.69, 9.17) is 11.6 Å². The number of aromatic amines is 1. The number of hydrogen-bond acceptors (Lipinski definition) is 5. The Morgan fingerprint density at radius 2 is 2.24 bits per heavy atom. The summed E-state index contributed by atoms with van der Waals surface area (Å²) in [7, 11) is 0. The van der Waals surface area contributed by atoms with Crippen LogP contribution in [-0.2, 0) is 4.79 Å². The minimum absolute atomic E-state index is 0.0356. The molecule has 1 heterocycles. The lowest BCUT2D eigenvalue weighted by molar-refractivity contribution is -0.113. The summed E-state index contributed by atoms with van der Waals surface area (Å²) in [6.07, 6.45) is 0. The molecule has 2 aromatic rings. The van der Waals surface area contributed by atoms with Gasteiger partial charge in [-0.15, -0.1) is 10.2 Å². The lowest BCUT2D eigenvalue weighted by atomic mass is 10.3. The van der Waals surface area contributed by atoms with Crippen LogP contribution in [0.4, 0.5) is 10.1 Å². The van der Waals surface area contributed by atoms with Gasteiger partial charge in [-0.2, -0.15) is 0 Å². The fraction of sp³-hybridized carbons (Fsp3) is 0.167. The predicted molar refractivity (Wildman–Crippen MR) is 78.2 cm³/mol. The van der Waals surface area contributed by atoms with Gasteiger partial charge in [-0.3, -0.25) is 14.6 Å². The second kappa shape index (κ2) is 6.68. The molecule has 6 nitrogen and oxygen atoms in total. The van der Waals surface area contributed by atoms with E-state index in [1.165, 1.54) is 19.1 Å². The van der Waals surface area contributed by atoms with Crippen LogP contribution in [0.3, 0.4) is 0 Å². The van der Waals surface area contributed by atoms with E-state index in [2.05, 4.69) is 20.5 Å². The smallest absolute Gasteiger partial charge is 0.273 e. The third-order valence-corrected chi connectivity index (χ3v) is 3.48. The Kier molecular flexibility index (Phi) is 4.92. The van der Waals surface area contributed by atoms with Gasteiger partial charge in [-0.25, -0.2) is 4.39 Å². The van der Waals surface area contributed by atoms with E-state index in [1.807, 2.05) is 0 Å². The second-order valence-corrected chi connectivity index (χ2v) is 5.41. The number of amides is 1. The number of anilines is 1. The van der Waals surface area contributed by atoms with Crippen molar-refractivity contribution in [1.82, 2.24) is 15.2 Å². The molecule has 0 unspecified atom stereocenters. The summed E-state index contributed by atoms with van der Waals surface area (Å²) in [5.41, 5.74) is -0.0859. The normalized spacial score (nSPS) is 10.4. The Morgan fingerprint density at radius 3 is 2.90 bits per heavy atom. The Labute approximate surface area is 128 Å². The van der Waals surface area contributed by atoms with Crippen LogP contribution in [0.25, 0.3) is 0 Å². The molecule has 0 aliphatic heterocycles. The van der Waals surface area contributed by atoms with Crippen molar-refractivity contribution in [3.05, 3.63) is 45.1 Å². The molecule has 2 rings (SSSR count). The minimum Gasteiger partial charge on any atom is -0.323 e. The summed E-state index contributed by atoms with van der Waals surface area (Å²) in [6, 6.07) is 3.94. The topological polar surface area (TPSA) is 87.7 Å². The maximum absolute atomic E-state index is 13.5. The number of nitrogens with one attached hydrogen (secondary N) is 2. The van der Waals surface area contributed by atoms with Gasteiger partial charge in [0.2, 0.25) is 5.91 Å². The quantitative estimate of drug-likeness (QED) is 0.838. The number of aryl methyl sites for hydroxylation is 1. The molecule has 0 fully saturated rings. The average molecular weight is 329 g/mol. The number of aromatic nitrogens is 3. The van der Waals surface area contributed by atoms with Crippen molar-refractivity contribution < 1.29 is 9.18 Å². The van der Waals surface area contributed by atoms with Gasteiger partial charge in [0, 0.05) is 5.02 Å². The first-order chi connectivity index (χ1) is 9.95. The maximum Gasteiger partial charge on any atom is 0.273 e. The Morgan fingerprint density at radius 1 is 1.48 bits per heavy atom. The lowest BCUT2D eigenvalue weighted by Gasteiger charge is -2.06. The third-order valence-electron chi connectivity index (χ3n) is 2.39. The standard InChI is InChI=1S/C12H10ClFN4O2S/c1-6-11(20)16-12(18-17-6)21-5-10(19)15-9-3-2-7(13)4-8(9)14/h2-4H,5H2,1H3,(H,15,19)(H,16,18,20). The monoisotopic (exact) mass is 328 g/mol. The van der Waals surface area contributed by atoms with Crippen LogP contribution >= 0.6 is 23.4 Å². The molecular formula is C12H10ClFN4O2S. The largest absolute Gasteiger partial charge is 0.323 e. The summed E-state index contributed by atoms with van der Waals surface area (Å²) in [6.45, 7) is 1.52. The number of thioether (sulfide) groups is 1. The van der Waals surface area contributed by atoms with Gasteiger partial charge in [0.15, 0.2) is 5.16 Å². The number of H-pyrrole nitrogens is 1. The molecule has 2 N–H and O–H groups in total. The number of rotatable bonds is 4. The Hall–Kier alpha value is -1.93. The van der Waals surface area contributed by atoms with Gasteiger partial charge in [-0.05, 0) is 25.1 Å². The minimum atomic E-state index is -0.621. The molecule has 1 amide bonds. The highest BCUT2D eigenvalue weighted by Gasteiger charge is 2.09. The first-order valence-corrected chi connectivity index (χ1v) is 7.13. The Bertz CT molecular complexity index is 737. The molecule has 0 spiro atoms. The fourth-order valence-electron chi connectivity index (χ4n) is 1.35. The van der Waals surface area contributed by atoms with Crippen molar-refractivity contribution in [3.63, 3.8) is 0 Å². The molecule has 0 saturated carbocycles. The summed E-state index contributed by atoms with van der Waals surface area (Å²) >= 11 is 6.61. The molecular weight excluding hydrogens is 319 g/mol. The van der Waals surface area contributed by atoms with E-state index in [-0.39, 0.29) is 32.9 Å². The van der Waals surface area contributed by atoms with Crippen LogP contribution in [-0.4, -0.2) is 26.8 Å². The van der Waals surface area contributed by atoms with Crippen LogP contribution in [0.2, 0.25) is 5.02 Å². The van der Waals surface area contributed by atoms with Crippen molar-refractivity contribution in [3.8, 4) is 0 Å². The van der Waals surface area contributed by atoms with Crippen LogP contribution in [0.15, 0.2) is 28.2 Å². The molecule has 0 aliphatic rings. The third kappa shape index (κ3) is 4.27. The van der Waals surface area contributed by atoms with Gasteiger partial charge in [0.25, 0.3) is 5.56 Å². The molecule has 0 atom stereocenters. The molecule has 0 aliphatic carbocycles. The van der Waals surface area contributed by atoms with Crippen molar-refractivity contribution in [2.45, 2.75) is 12.1 Å². The molecule has 9 heteroatoms. The van der Waals surface area contributed by atoms with E-state index in [0.29, 0.717) is 0 Å². The summed E-state index contributed by atoms with van der Waals surface area (Å²) in [4.78, 5) is 25.5. The fourth-order valence-corrected chi connectivity index (χ4v) is 2.12. The average Bonchev–Trinajstić information content (AvgIpc) is 2.43. The first kappa shape index (κ1) is 15.5. The number of carbonyl (C=O) groups excluding carboxylic acids is 1. The zero-order chi connectivity index (χ0) is 15.4. The molecule has 110 valence electrons. The SMILES string of the molecule is Cc1nnc(SCC(=O)Nc2ccc(Cl)cc2F)[nH]c1=O. The number of carbonyl (C=O) groups is 1. The predicted octanol–water partition coefficient (Wildman–Crippen LogP) is 2.00. The number of hydrogen-bond donors (Lipinski definition) is 2.